The molecule has 4 nitrogen and oxygen atoms in total. The Balaban J connectivity index is 1.88. The minimum Gasteiger partial charge on any atom is -0.388 e. The summed E-state index contributed by atoms with van der Waals surface area (Å²) in [5, 5.41) is 18.7. The molecule has 1 heterocycles. The molecule has 1 aliphatic heterocycles. The molecule has 2 N–H and O–H groups in total. The number of amides is 1. The van der Waals surface area contributed by atoms with Gasteiger partial charge in [-0.1, -0.05) is 6.07 Å². The average molecular weight is 271 g/mol. The molecule has 0 aliphatic carbocycles. The fourth-order valence-corrected chi connectivity index (χ4v) is 2.08. The molecule has 0 bridgehead atoms. The van der Waals surface area contributed by atoms with Crippen molar-refractivity contribution in [1.82, 2.24) is 4.90 Å². The van der Waals surface area contributed by atoms with Crippen molar-refractivity contribution in [2.75, 3.05) is 13.1 Å². The third kappa shape index (κ3) is 3.27. The zero-order valence-electron chi connectivity index (χ0n) is 10.2. The van der Waals surface area contributed by atoms with Crippen LogP contribution in [-0.2, 0) is 11.2 Å². The van der Waals surface area contributed by atoms with Gasteiger partial charge in [0.05, 0.1) is 12.2 Å². The molecule has 0 saturated carbocycles. The molecule has 2 rings (SSSR count). The van der Waals surface area contributed by atoms with Crippen LogP contribution in [0, 0.1) is 11.6 Å². The maximum atomic E-state index is 13.0. The summed E-state index contributed by atoms with van der Waals surface area (Å²) >= 11 is 0. The summed E-state index contributed by atoms with van der Waals surface area (Å²) in [6.07, 6.45) is -1.40. The number of hydrogen-bond donors (Lipinski definition) is 2. The highest BCUT2D eigenvalue weighted by atomic mass is 19.2. The van der Waals surface area contributed by atoms with E-state index in [1.54, 1.807) is 0 Å². The van der Waals surface area contributed by atoms with Gasteiger partial charge in [-0.25, -0.2) is 8.78 Å². The van der Waals surface area contributed by atoms with Crippen LogP contribution in [0.4, 0.5) is 8.78 Å². The van der Waals surface area contributed by atoms with Crippen molar-refractivity contribution >= 4 is 5.91 Å². The zero-order chi connectivity index (χ0) is 14.0. The fraction of sp³-hybridized carbons (Fsp3) is 0.462. The van der Waals surface area contributed by atoms with Crippen molar-refractivity contribution in [1.29, 1.82) is 0 Å². The predicted molar refractivity (Wildman–Crippen MR) is 63.3 cm³/mol. The number of aryl methyl sites for hydroxylation is 1. The molecule has 1 fully saturated rings. The van der Waals surface area contributed by atoms with Crippen LogP contribution >= 0.6 is 0 Å². The lowest BCUT2D eigenvalue weighted by molar-refractivity contribution is -0.130. The first kappa shape index (κ1) is 13.9. The SMILES string of the molecule is O=C(CCc1ccc(F)c(F)c1)N1CC(O)C(O)C1. The van der Waals surface area contributed by atoms with Crippen LogP contribution in [0.15, 0.2) is 18.2 Å². The lowest BCUT2D eigenvalue weighted by Crippen LogP contribution is -2.29. The highest BCUT2D eigenvalue weighted by Gasteiger charge is 2.32. The average Bonchev–Trinajstić information content (AvgIpc) is 2.71. The Morgan fingerprint density at radius 3 is 2.42 bits per heavy atom. The van der Waals surface area contributed by atoms with Gasteiger partial charge in [0, 0.05) is 19.5 Å². The lowest BCUT2D eigenvalue weighted by atomic mass is 10.1. The molecular weight excluding hydrogens is 256 g/mol. The molecular formula is C13H15F2NO3. The first-order valence-corrected chi connectivity index (χ1v) is 6.05. The number of nitrogens with zero attached hydrogens (tertiary/aromatic N) is 1. The standard InChI is InChI=1S/C13H15F2NO3/c14-9-3-1-8(5-10(9)15)2-4-13(19)16-6-11(17)12(18)7-16/h1,3,5,11-12,17-18H,2,4,6-7H2. The Morgan fingerprint density at radius 2 is 1.84 bits per heavy atom. The highest BCUT2D eigenvalue weighted by molar-refractivity contribution is 5.76. The molecule has 104 valence electrons. The van der Waals surface area contributed by atoms with Crippen molar-refractivity contribution in [2.24, 2.45) is 0 Å². The number of β-amino-alcohol motifs (C(OH)–C–C–N with tert-alkyl or cyclic N) is 2. The van der Waals surface area contributed by atoms with Crippen molar-refractivity contribution in [3.8, 4) is 0 Å². The minimum absolute atomic E-state index is 0.109. The van der Waals surface area contributed by atoms with Gasteiger partial charge in [0.25, 0.3) is 0 Å². The largest absolute Gasteiger partial charge is 0.388 e. The van der Waals surface area contributed by atoms with Gasteiger partial charge in [0.1, 0.15) is 0 Å². The summed E-state index contributed by atoms with van der Waals surface area (Å²) in [6.45, 7) is 0.218. The summed E-state index contributed by atoms with van der Waals surface area (Å²) in [5.41, 5.74) is 0.535. The third-order valence-corrected chi connectivity index (χ3v) is 3.22. The van der Waals surface area contributed by atoms with Crippen LogP contribution in [0.3, 0.4) is 0 Å². The molecule has 1 amide bonds. The van der Waals surface area contributed by atoms with Crippen molar-refractivity contribution < 1.29 is 23.8 Å². The monoisotopic (exact) mass is 271 g/mol. The normalized spacial score (nSPS) is 22.8. The van der Waals surface area contributed by atoms with Gasteiger partial charge in [-0.15, -0.1) is 0 Å². The van der Waals surface area contributed by atoms with E-state index in [4.69, 9.17) is 0 Å². The van der Waals surface area contributed by atoms with Crippen LogP contribution in [0.2, 0.25) is 0 Å². The molecule has 2 atom stereocenters. The topological polar surface area (TPSA) is 60.8 Å². The Kier molecular flexibility index (Phi) is 4.11. The van der Waals surface area contributed by atoms with E-state index in [1.807, 2.05) is 0 Å². The lowest BCUT2D eigenvalue weighted by Gasteiger charge is -2.15. The Hall–Kier alpha value is -1.53. The number of carbonyl (C=O) groups excluding carboxylic acids is 1. The van der Waals surface area contributed by atoms with Gasteiger partial charge in [-0.3, -0.25) is 4.79 Å². The quantitative estimate of drug-likeness (QED) is 0.839. The molecule has 0 spiro atoms. The molecule has 1 aromatic rings. The maximum Gasteiger partial charge on any atom is 0.223 e. The summed E-state index contributed by atoms with van der Waals surface area (Å²) < 4.78 is 25.7. The second-order valence-electron chi connectivity index (χ2n) is 4.68. The number of hydrogen-bond acceptors (Lipinski definition) is 3. The van der Waals surface area contributed by atoms with E-state index < -0.39 is 23.8 Å². The van der Waals surface area contributed by atoms with E-state index in [1.165, 1.54) is 11.0 Å². The predicted octanol–water partition coefficient (Wildman–Crippen LogP) is 0.461. The number of aliphatic hydroxyl groups excluding tert-OH is 2. The van der Waals surface area contributed by atoms with Gasteiger partial charge < -0.3 is 15.1 Å². The van der Waals surface area contributed by atoms with E-state index in [2.05, 4.69) is 0 Å². The van der Waals surface area contributed by atoms with E-state index in [0.29, 0.717) is 12.0 Å². The van der Waals surface area contributed by atoms with Gasteiger partial charge in [-0.05, 0) is 24.1 Å². The Bertz CT molecular complexity index is 471. The maximum absolute atomic E-state index is 13.0. The minimum atomic E-state index is -0.933. The van der Waals surface area contributed by atoms with Crippen LogP contribution < -0.4 is 0 Å². The van der Waals surface area contributed by atoms with Crippen LogP contribution in [0.25, 0.3) is 0 Å². The Morgan fingerprint density at radius 1 is 1.21 bits per heavy atom. The molecule has 1 saturated heterocycles. The van der Waals surface area contributed by atoms with Gasteiger partial charge in [0.2, 0.25) is 5.91 Å². The zero-order valence-corrected chi connectivity index (χ0v) is 10.2. The molecule has 1 aromatic carbocycles. The number of likely N-dealkylation sites (tertiary alicyclic amines) is 1. The van der Waals surface area contributed by atoms with Crippen LogP contribution in [0.1, 0.15) is 12.0 Å². The highest BCUT2D eigenvalue weighted by Crippen LogP contribution is 2.14. The molecule has 2 unspecified atom stereocenters. The smallest absolute Gasteiger partial charge is 0.223 e. The van der Waals surface area contributed by atoms with E-state index in [-0.39, 0.29) is 25.4 Å². The van der Waals surface area contributed by atoms with E-state index in [0.717, 1.165) is 12.1 Å². The molecule has 0 radical (unpaired) electrons. The second kappa shape index (κ2) is 5.63. The first-order valence-electron chi connectivity index (χ1n) is 6.05. The van der Waals surface area contributed by atoms with Crippen molar-refractivity contribution in [3.63, 3.8) is 0 Å². The van der Waals surface area contributed by atoms with Gasteiger partial charge >= 0.3 is 0 Å². The number of halogens is 2. The first-order chi connectivity index (χ1) is 8.97. The number of carbonyl (C=O) groups is 1. The van der Waals surface area contributed by atoms with Crippen LogP contribution in [0.5, 0.6) is 0 Å². The Labute approximate surface area is 109 Å². The van der Waals surface area contributed by atoms with Crippen molar-refractivity contribution in [3.05, 3.63) is 35.4 Å². The molecule has 1 aliphatic rings. The number of benzene rings is 1. The van der Waals surface area contributed by atoms with Gasteiger partial charge in [-0.2, -0.15) is 0 Å². The van der Waals surface area contributed by atoms with Crippen molar-refractivity contribution in [2.45, 2.75) is 25.0 Å². The second-order valence-corrected chi connectivity index (χ2v) is 4.68. The number of aliphatic hydroxyl groups is 2. The summed E-state index contributed by atoms with van der Waals surface area (Å²) in [4.78, 5) is 13.2. The van der Waals surface area contributed by atoms with E-state index in [9.17, 15) is 23.8 Å². The third-order valence-electron chi connectivity index (χ3n) is 3.22. The van der Waals surface area contributed by atoms with Gasteiger partial charge in [0.15, 0.2) is 11.6 Å². The molecule has 6 heteroatoms. The van der Waals surface area contributed by atoms with E-state index >= 15 is 0 Å². The fourth-order valence-electron chi connectivity index (χ4n) is 2.08. The molecule has 19 heavy (non-hydrogen) atoms. The summed E-state index contributed by atoms with van der Waals surface area (Å²) in [5.74, 6) is -2.07. The number of rotatable bonds is 3. The van der Waals surface area contributed by atoms with Crippen LogP contribution in [-0.4, -0.2) is 46.3 Å². The summed E-state index contributed by atoms with van der Waals surface area (Å²) in [6, 6.07) is 3.52. The molecule has 0 aromatic heterocycles. The summed E-state index contributed by atoms with van der Waals surface area (Å²) in [7, 11) is 0.